The molecule has 9 heteroatoms. The summed E-state index contributed by atoms with van der Waals surface area (Å²) in [6.07, 6.45) is -1.43. The van der Waals surface area contributed by atoms with E-state index in [1.807, 2.05) is 0 Å². The second-order valence-electron chi connectivity index (χ2n) is 5.11. The van der Waals surface area contributed by atoms with Gasteiger partial charge in [-0.25, -0.2) is 17.5 Å². The van der Waals surface area contributed by atoms with E-state index in [1.165, 1.54) is 31.2 Å². The number of aliphatic hydroxyl groups excluding tert-OH is 1. The average molecular weight is 394 g/mol. The monoisotopic (exact) mass is 393 g/mol. The van der Waals surface area contributed by atoms with Crippen molar-refractivity contribution in [2.75, 3.05) is 0 Å². The van der Waals surface area contributed by atoms with Gasteiger partial charge in [0, 0.05) is 16.6 Å². The highest BCUT2D eigenvalue weighted by Gasteiger charge is 2.28. The Bertz CT molecular complexity index is 861. The summed E-state index contributed by atoms with van der Waals surface area (Å²) in [5.41, 5.74) is -0.0546. The Morgan fingerprint density at radius 3 is 2.46 bits per heavy atom. The van der Waals surface area contributed by atoms with Crippen LogP contribution in [0.5, 0.6) is 5.75 Å². The van der Waals surface area contributed by atoms with Crippen LogP contribution in [0.1, 0.15) is 18.6 Å². The molecule has 0 bridgehead atoms. The number of aromatic hydroxyl groups is 1. The second kappa shape index (κ2) is 7.25. The van der Waals surface area contributed by atoms with Crippen LogP contribution in [-0.4, -0.2) is 24.7 Å². The molecule has 24 heavy (non-hydrogen) atoms. The number of sulfonamides is 1. The standard InChI is InChI=1S/C15H14Cl2FNO4S/c1-8(14(20)10-4-2-3-5-12(10)18)19-24(22,23)13-7-9(16)6-11(17)15(13)21/h2-8,14,19-21H,1H3. The van der Waals surface area contributed by atoms with Crippen molar-refractivity contribution in [2.24, 2.45) is 0 Å². The molecule has 2 aromatic carbocycles. The Morgan fingerprint density at radius 1 is 1.21 bits per heavy atom. The maximum atomic E-state index is 13.7. The van der Waals surface area contributed by atoms with Crippen LogP contribution < -0.4 is 4.72 Å². The fraction of sp³-hybridized carbons (Fsp3) is 0.200. The molecule has 2 atom stereocenters. The molecule has 2 aromatic rings. The lowest BCUT2D eigenvalue weighted by Gasteiger charge is -2.21. The van der Waals surface area contributed by atoms with Crippen LogP contribution in [-0.2, 0) is 10.0 Å². The van der Waals surface area contributed by atoms with Gasteiger partial charge in [-0.05, 0) is 25.1 Å². The van der Waals surface area contributed by atoms with Gasteiger partial charge in [-0.1, -0.05) is 41.4 Å². The number of rotatable bonds is 5. The Balaban J connectivity index is 2.31. The summed E-state index contributed by atoms with van der Waals surface area (Å²) in [4.78, 5) is -0.535. The summed E-state index contributed by atoms with van der Waals surface area (Å²) >= 11 is 11.5. The zero-order chi connectivity index (χ0) is 18.1. The molecule has 0 saturated carbocycles. The van der Waals surface area contributed by atoms with Crippen LogP contribution >= 0.6 is 23.2 Å². The first kappa shape index (κ1) is 19.0. The number of benzene rings is 2. The van der Waals surface area contributed by atoms with E-state index in [-0.39, 0.29) is 15.6 Å². The number of halogens is 3. The topological polar surface area (TPSA) is 86.6 Å². The van der Waals surface area contributed by atoms with Gasteiger partial charge in [0.1, 0.15) is 10.7 Å². The van der Waals surface area contributed by atoms with Crippen molar-refractivity contribution >= 4 is 33.2 Å². The van der Waals surface area contributed by atoms with Crippen molar-refractivity contribution in [3.8, 4) is 5.75 Å². The molecule has 0 spiro atoms. The fourth-order valence-electron chi connectivity index (χ4n) is 2.10. The number of aliphatic hydroxyl groups is 1. The third-order valence-corrected chi connectivity index (χ3v) is 5.40. The van der Waals surface area contributed by atoms with Crippen LogP contribution in [0.25, 0.3) is 0 Å². The van der Waals surface area contributed by atoms with Gasteiger partial charge >= 0.3 is 0 Å². The lowest BCUT2D eigenvalue weighted by Crippen LogP contribution is -2.37. The fourth-order valence-corrected chi connectivity index (χ4v) is 4.11. The van der Waals surface area contributed by atoms with Gasteiger partial charge in [-0.2, -0.15) is 0 Å². The van der Waals surface area contributed by atoms with E-state index in [0.717, 1.165) is 12.1 Å². The molecule has 0 aliphatic rings. The van der Waals surface area contributed by atoms with E-state index in [2.05, 4.69) is 4.72 Å². The van der Waals surface area contributed by atoms with E-state index < -0.39 is 38.6 Å². The smallest absolute Gasteiger partial charge is 0.244 e. The normalized spacial score (nSPS) is 14.4. The first-order valence-corrected chi connectivity index (χ1v) is 9.00. The third-order valence-electron chi connectivity index (χ3n) is 3.32. The Kier molecular flexibility index (Phi) is 5.72. The SMILES string of the molecule is CC(NS(=O)(=O)c1cc(Cl)cc(Cl)c1O)C(O)c1ccccc1F. The van der Waals surface area contributed by atoms with Gasteiger partial charge in [0.25, 0.3) is 0 Å². The molecule has 0 aliphatic carbocycles. The molecule has 0 heterocycles. The molecule has 2 unspecified atom stereocenters. The summed E-state index contributed by atoms with van der Waals surface area (Å²) in [5.74, 6) is -1.33. The van der Waals surface area contributed by atoms with Crippen LogP contribution in [0.3, 0.4) is 0 Å². The maximum absolute atomic E-state index is 13.7. The van der Waals surface area contributed by atoms with Crippen molar-refractivity contribution in [3.63, 3.8) is 0 Å². The van der Waals surface area contributed by atoms with Crippen molar-refractivity contribution in [3.05, 3.63) is 57.8 Å². The van der Waals surface area contributed by atoms with Crippen LogP contribution in [0.2, 0.25) is 10.0 Å². The molecule has 0 radical (unpaired) electrons. The lowest BCUT2D eigenvalue weighted by atomic mass is 10.0. The van der Waals surface area contributed by atoms with Gasteiger partial charge in [0.15, 0.2) is 5.75 Å². The largest absolute Gasteiger partial charge is 0.505 e. The van der Waals surface area contributed by atoms with Crippen molar-refractivity contribution in [2.45, 2.75) is 24.0 Å². The number of phenols is 1. The highest BCUT2D eigenvalue weighted by atomic mass is 35.5. The van der Waals surface area contributed by atoms with Crippen LogP contribution in [0.15, 0.2) is 41.3 Å². The summed E-state index contributed by atoms with van der Waals surface area (Å²) in [7, 11) is -4.25. The van der Waals surface area contributed by atoms with Crippen molar-refractivity contribution < 1.29 is 23.0 Å². The second-order valence-corrected chi connectivity index (χ2v) is 7.64. The van der Waals surface area contributed by atoms with Gasteiger partial charge in [0.2, 0.25) is 10.0 Å². The third kappa shape index (κ3) is 3.99. The molecule has 2 rings (SSSR count). The quantitative estimate of drug-likeness (QED) is 0.727. The number of nitrogens with one attached hydrogen (secondary N) is 1. The highest BCUT2D eigenvalue weighted by Crippen LogP contribution is 2.34. The summed E-state index contributed by atoms with van der Waals surface area (Å²) < 4.78 is 40.7. The lowest BCUT2D eigenvalue weighted by molar-refractivity contribution is 0.142. The highest BCUT2D eigenvalue weighted by molar-refractivity contribution is 7.89. The average Bonchev–Trinajstić information content (AvgIpc) is 2.50. The molecule has 3 N–H and O–H groups in total. The predicted octanol–water partition coefficient (Wildman–Crippen LogP) is 3.24. The molecule has 5 nitrogen and oxygen atoms in total. The molecule has 0 aliphatic heterocycles. The Labute approximate surface area is 148 Å². The van der Waals surface area contributed by atoms with Gasteiger partial charge in [0.05, 0.1) is 11.1 Å². The number of hydrogen-bond acceptors (Lipinski definition) is 4. The van der Waals surface area contributed by atoms with E-state index in [9.17, 15) is 23.0 Å². The summed E-state index contributed by atoms with van der Waals surface area (Å²) in [6, 6.07) is 6.60. The van der Waals surface area contributed by atoms with Gasteiger partial charge < -0.3 is 10.2 Å². The maximum Gasteiger partial charge on any atom is 0.244 e. The summed E-state index contributed by atoms with van der Waals surface area (Å²) in [5, 5.41) is 19.8. The van der Waals surface area contributed by atoms with E-state index in [0.29, 0.717) is 0 Å². The van der Waals surface area contributed by atoms with Gasteiger partial charge in [-0.3, -0.25) is 0 Å². The van der Waals surface area contributed by atoms with Crippen molar-refractivity contribution in [1.29, 1.82) is 0 Å². The predicted molar refractivity (Wildman–Crippen MR) is 89.3 cm³/mol. The number of phenolic OH excluding ortho intramolecular Hbond substituents is 1. The van der Waals surface area contributed by atoms with E-state index in [4.69, 9.17) is 23.2 Å². The first-order chi connectivity index (χ1) is 11.1. The van der Waals surface area contributed by atoms with Crippen LogP contribution in [0.4, 0.5) is 4.39 Å². The molecular weight excluding hydrogens is 380 g/mol. The minimum Gasteiger partial charge on any atom is -0.505 e. The molecule has 0 aromatic heterocycles. The molecule has 0 amide bonds. The van der Waals surface area contributed by atoms with Crippen molar-refractivity contribution in [1.82, 2.24) is 4.72 Å². The molecule has 0 saturated heterocycles. The zero-order valence-electron chi connectivity index (χ0n) is 12.4. The molecular formula is C15H14Cl2FNO4S. The zero-order valence-corrected chi connectivity index (χ0v) is 14.7. The minimum atomic E-state index is -4.25. The van der Waals surface area contributed by atoms with E-state index >= 15 is 0 Å². The Hall–Kier alpha value is -1.38. The van der Waals surface area contributed by atoms with E-state index in [1.54, 1.807) is 0 Å². The molecule has 130 valence electrons. The molecule has 0 fully saturated rings. The summed E-state index contributed by atoms with van der Waals surface area (Å²) in [6.45, 7) is 1.36. The van der Waals surface area contributed by atoms with Gasteiger partial charge in [-0.15, -0.1) is 0 Å². The first-order valence-electron chi connectivity index (χ1n) is 6.76. The minimum absolute atomic E-state index is 0.0143. The number of hydrogen-bond donors (Lipinski definition) is 3. The van der Waals surface area contributed by atoms with Crippen LogP contribution in [0, 0.1) is 5.82 Å². The Morgan fingerprint density at radius 2 is 1.83 bits per heavy atom.